The third-order valence-corrected chi connectivity index (χ3v) is 2.40. The lowest BCUT2D eigenvalue weighted by Crippen LogP contribution is -2.04. The van der Waals surface area contributed by atoms with E-state index < -0.39 is 0 Å². The van der Waals surface area contributed by atoms with Gasteiger partial charge in [-0.2, -0.15) is 0 Å². The first-order chi connectivity index (χ1) is 7.13. The summed E-state index contributed by atoms with van der Waals surface area (Å²) in [7, 11) is 0. The fourth-order valence-electron chi connectivity index (χ4n) is 1.55. The molecule has 1 unspecified atom stereocenters. The van der Waals surface area contributed by atoms with E-state index in [2.05, 4.69) is 13.0 Å². The summed E-state index contributed by atoms with van der Waals surface area (Å²) in [6, 6.07) is 7.77. The van der Waals surface area contributed by atoms with Gasteiger partial charge >= 0.3 is 0 Å². The largest absolute Gasteiger partial charge is 0.294 e. The van der Waals surface area contributed by atoms with Crippen molar-refractivity contribution in [3.8, 4) is 0 Å². The summed E-state index contributed by atoms with van der Waals surface area (Å²) in [4.78, 5) is 11.8. The molecule has 0 heterocycles. The first-order valence-electron chi connectivity index (χ1n) is 5.36. The number of carbonyl (C=O) groups is 1. The second-order valence-electron chi connectivity index (χ2n) is 4.00. The van der Waals surface area contributed by atoms with Gasteiger partial charge in [-0.3, -0.25) is 4.79 Å². The van der Waals surface area contributed by atoms with Crippen LogP contribution < -0.4 is 0 Å². The van der Waals surface area contributed by atoms with Crippen LogP contribution in [0, 0.1) is 12.8 Å². The van der Waals surface area contributed by atoms with E-state index in [9.17, 15) is 4.79 Å². The summed E-state index contributed by atoms with van der Waals surface area (Å²) in [6.45, 7) is 6.07. The van der Waals surface area contributed by atoms with Gasteiger partial charge in [0.25, 0.3) is 0 Å². The summed E-state index contributed by atoms with van der Waals surface area (Å²) in [5.41, 5.74) is 2.00. The molecule has 15 heavy (non-hydrogen) atoms. The van der Waals surface area contributed by atoms with Gasteiger partial charge < -0.3 is 0 Å². The van der Waals surface area contributed by atoms with Crippen LogP contribution in [-0.2, 0) is 0 Å². The van der Waals surface area contributed by atoms with Crippen LogP contribution in [0.25, 0.3) is 0 Å². The van der Waals surface area contributed by atoms with Crippen molar-refractivity contribution in [3.05, 3.63) is 47.5 Å². The highest BCUT2D eigenvalue weighted by molar-refractivity contribution is 5.96. The zero-order valence-electron chi connectivity index (χ0n) is 9.66. The maximum Gasteiger partial charge on any atom is 0.163 e. The summed E-state index contributed by atoms with van der Waals surface area (Å²) in [5.74, 6) is 0.546. The van der Waals surface area contributed by atoms with Gasteiger partial charge in [0.15, 0.2) is 5.78 Å². The topological polar surface area (TPSA) is 17.1 Å². The zero-order valence-corrected chi connectivity index (χ0v) is 9.66. The van der Waals surface area contributed by atoms with E-state index in [0.29, 0.717) is 12.3 Å². The molecule has 0 radical (unpaired) electrons. The number of ketones is 1. The van der Waals surface area contributed by atoms with Gasteiger partial charge in [0.2, 0.25) is 0 Å². The fraction of sp³-hybridized carbons (Fsp3) is 0.357. The number of hydrogen-bond donors (Lipinski definition) is 0. The van der Waals surface area contributed by atoms with Crippen LogP contribution in [0.3, 0.4) is 0 Å². The Morgan fingerprint density at radius 3 is 2.47 bits per heavy atom. The monoisotopic (exact) mass is 202 g/mol. The Hall–Kier alpha value is -1.37. The number of carbonyl (C=O) groups excluding carboxylic acids is 1. The van der Waals surface area contributed by atoms with E-state index in [1.165, 1.54) is 5.56 Å². The number of rotatable bonds is 4. The third-order valence-electron chi connectivity index (χ3n) is 2.40. The van der Waals surface area contributed by atoms with E-state index in [1.807, 2.05) is 44.2 Å². The number of benzene rings is 1. The van der Waals surface area contributed by atoms with Crippen LogP contribution in [0.1, 0.15) is 36.2 Å². The first kappa shape index (κ1) is 11.7. The number of aryl methyl sites for hydroxylation is 1. The second kappa shape index (κ2) is 5.50. The molecule has 1 rings (SSSR count). The Morgan fingerprint density at radius 1 is 1.33 bits per heavy atom. The molecule has 80 valence electrons. The first-order valence-corrected chi connectivity index (χ1v) is 5.36. The standard InChI is InChI=1S/C14H18O/c1-4-5-12(3)10-14(15)13-8-6-11(2)7-9-13/h4-9,12H,10H2,1-3H3/b5-4+. The van der Waals surface area contributed by atoms with Crippen LogP contribution in [0.2, 0.25) is 0 Å². The highest BCUT2D eigenvalue weighted by atomic mass is 16.1. The normalized spacial score (nSPS) is 13.0. The average Bonchev–Trinajstić information content (AvgIpc) is 2.18. The average molecular weight is 202 g/mol. The maximum absolute atomic E-state index is 11.8. The van der Waals surface area contributed by atoms with Crippen molar-refractivity contribution in [2.75, 3.05) is 0 Å². The van der Waals surface area contributed by atoms with Crippen molar-refractivity contribution in [1.82, 2.24) is 0 Å². The second-order valence-corrected chi connectivity index (χ2v) is 4.00. The molecule has 1 aromatic rings. The molecule has 0 aliphatic carbocycles. The van der Waals surface area contributed by atoms with E-state index in [-0.39, 0.29) is 5.78 Å². The molecule has 1 atom stereocenters. The van der Waals surface area contributed by atoms with Crippen molar-refractivity contribution >= 4 is 5.78 Å². The smallest absolute Gasteiger partial charge is 0.163 e. The van der Waals surface area contributed by atoms with Crippen molar-refractivity contribution < 1.29 is 4.79 Å². The Morgan fingerprint density at radius 2 is 1.93 bits per heavy atom. The molecule has 1 nitrogen and oxygen atoms in total. The quantitative estimate of drug-likeness (QED) is 0.536. The summed E-state index contributed by atoms with van der Waals surface area (Å²) in [5, 5.41) is 0. The zero-order chi connectivity index (χ0) is 11.3. The van der Waals surface area contributed by atoms with Crippen LogP contribution in [0.4, 0.5) is 0 Å². The van der Waals surface area contributed by atoms with E-state index >= 15 is 0 Å². The highest BCUT2D eigenvalue weighted by Gasteiger charge is 2.08. The lowest BCUT2D eigenvalue weighted by Gasteiger charge is -2.05. The predicted molar refractivity (Wildman–Crippen MR) is 64.1 cm³/mol. The van der Waals surface area contributed by atoms with E-state index in [4.69, 9.17) is 0 Å². The van der Waals surface area contributed by atoms with Crippen LogP contribution in [0.5, 0.6) is 0 Å². The molecule has 0 N–H and O–H groups in total. The lowest BCUT2D eigenvalue weighted by molar-refractivity contribution is 0.0972. The van der Waals surface area contributed by atoms with Crippen molar-refractivity contribution in [1.29, 1.82) is 0 Å². The molecular weight excluding hydrogens is 184 g/mol. The number of hydrogen-bond acceptors (Lipinski definition) is 1. The molecule has 0 saturated carbocycles. The Kier molecular flexibility index (Phi) is 4.29. The van der Waals surface area contributed by atoms with Gasteiger partial charge in [0, 0.05) is 12.0 Å². The summed E-state index contributed by atoms with van der Waals surface area (Å²) >= 11 is 0. The molecule has 0 bridgehead atoms. The molecular formula is C14H18O. The molecule has 0 fully saturated rings. The molecule has 0 aromatic heterocycles. The number of Topliss-reactive ketones (excluding diaryl/α,β-unsaturated/α-hetero) is 1. The van der Waals surface area contributed by atoms with Crippen molar-refractivity contribution in [2.24, 2.45) is 5.92 Å². The molecule has 0 aliphatic rings. The van der Waals surface area contributed by atoms with Gasteiger partial charge in [-0.05, 0) is 19.8 Å². The van der Waals surface area contributed by atoms with Gasteiger partial charge in [-0.25, -0.2) is 0 Å². The molecule has 0 aliphatic heterocycles. The van der Waals surface area contributed by atoms with Crippen LogP contribution in [0.15, 0.2) is 36.4 Å². The van der Waals surface area contributed by atoms with E-state index in [0.717, 1.165) is 5.56 Å². The Balaban J connectivity index is 2.65. The molecule has 0 saturated heterocycles. The molecule has 1 heteroatoms. The Bertz CT molecular complexity index is 346. The molecule has 0 spiro atoms. The third kappa shape index (κ3) is 3.70. The minimum absolute atomic E-state index is 0.223. The maximum atomic E-state index is 11.8. The van der Waals surface area contributed by atoms with Crippen LogP contribution in [-0.4, -0.2) is 5.78 Å². The predicted octanol–water partition coefficient (Wildman–Crippen LogP) is 3.78. The SMILES string of the molecule is C/C=C/C(C)CC(=O)c1ccc(C)cc1. The fourth-order valence-corrected chi connectivity index (χ4v) is 1.55. The molecule has 0 amide bonds. The van der Waals surface area contributed by atoms with Gasteiger partial charge in [0.05, 0.1) is 0 Å². The summed E-state index contributed by atoms with van der Waals surface area (Å²) < 4.78 is 0. The van der Waals surface area contributed by atoms with Gasteiger partial charge in [-0.1, -0.05) is 48.9 Å². The van der Waals surface area contributed by atoms with Crippen molar-refractivity contribution in [3.63, 3.8) is 0 Å². The molecule has 1 aromatic carbocycles. The highest BCUT2D eigenvalue weighted by Crippen LogP contribution is 2.11. The van der Waals surface area contributed by atoms with Crippen LogP contribution >= 0.6 is 0 Å². The minimum atomic E-state index is 0.223. The number of allylic oxidation sites excluding steroid dienone is 2. The summed E-state index contributed by atoms with van der Waals surface area (Å²) in [6.07, 6.45) is 4.65. The lowest BCUT2D eigenvalue weighted by atomic mass is 9.99. The Labute approximate surface area is 91.8 Å². The van der Waals surface area contributed by atoms with Gasteiger partial charge in [-0.15, -0.1) is 0 Å². The minimum Gasteiger partial charge on any atom is -0.294 e. The van der Waals surface area contributed by atoms with E-state index in [1.54, 1.807) is 0 Å². The van der Waals surface area contributed by atoms with Gasteiger partial charge in [0.1, 0.15) is 0 Å². The van der Waals surface area contributed by atoms with Crippen molar-refractivity contribution in [2.45, 2.75) is 27.2 Å².